The van der Waals surface area contributed by atoms with Gasteiger partial charge in [-0.15, -0.1) is 11.3 Å². The van der Waals surface area contributed by atoms with Crippen molar-refractivity contribution in [3.05, 3.63) is 73.6 Å². The summed E-state index contributed by atoms with van der Waals surface area (Å²) in [6, 6.07) is 5.42. The SMILES string of the molecule is C[C@@H](Cc1sccc1Cl)N=C1C=CCC(=O)C1=C1Cc2cc3c(cc2N1)C(=O)N(C[C@H](C)N(C)C)C3=O. The molecular weight excluding hydrogens is 508 g/mol. The third kappa shape index (κ3) is 4.81. The normalized spacial score (nSPS) is 21.6. The predicted molar refractivity (Wildman–Crippen MR) is 148 cm³/mol. The Bertz CT molecular complexity index is 1360. The van der Waals surface area contributed by atoms with E-state index in [-0.39, 0.29) is 29.7 Å². The van der Waals surface area contributed by atoms with Crippen LogP contribution in [0, 0.1) is 0 Å². The molecular formula is C28H29ClN4O3S. The minimum atomic E-state index is -0.278. The lowest BCUT2D eigenvalue weighted by atomic mass is 9.93. The largest absolute Gasteiger partial charge is 0.358 e. The number of fused-ring (bicyclic) bond motifs is 2. The average molecular weight is 537 g/mol. The molecule has 7 nitrogen and oxygen atoms in total. The number of carbonyl (C=O) groups is 3. The molecule has 0 spiro atoms. The fourth-order valence-electron chi connectivity index (χ4n) is 4.84. The molecule has 0 saturated heterocycles. The number of nitrogens with one attached hydrogen (secondary N) is 1. The first-order chi connectivity index (χ1) is 17.6. The number of amides is 2. The van der Waals surface area contributed by atoms with Gasteiger partial charge < -0.3 is 10.2 Å². The van der Waals surface area contributed by atoms with Crippen LogP contribution in [0.2, 0.25) is 5.02 Å². The van der Waals surface area contributed by atoms with Crippen molar-refractivity contribution in [1.29, 1.82) is 0 Å². The first-order valence-corrected chi connectivity index (χ1v) is 13.6. The molecule has 5 rings (SSSR count). The number of imide groups is 1. The quantitative estimate of drug-likeness (QED) is 0.425. The minimum Gasteiger partial charge on any atom is -0.358 e. The maximum atomic E-state index is 13.1. The van der Waals surface area contributed by atoms with E-state index in [1.54, 1.807) is 23.5 Å². The lowest BCUT2D eigenvalue weighted by molar-refractivity contribution is -0.114. The van der Waals surface area contributed by atoms with Crippen LogP contribution in [0.5, 0.6) is 0 Å². The molecule has 0 fully saturated rings. The number of aliphatic imine (C=N–C) groups is 1. The van der Waals surface area contributed by atoms with Crippen LogP contribution in [-0.2, 0) is 17.6 Å². The molecule has 192 valence electrons. The molecule has 1 aromatic carbocycles. The van der Waals surface area contributed by atoms with Gasteiger partial charge in [0, 0.05) is 48.1 Å². The van der Waals surface area contributed by atoms with Crippen LogP contribution in [0.25, 0.3) is 0 Å². The van der Waals surface area contributed by atoms with Crippen molar-refractivity contribution in [2.45, 2.75) is 45.2 Å². The molecule has 37 heavy (non-hydrogen) atoms. The summed E-state index contributed by atoms with van der Waals surface area (Å²) in [6.07, 6.45) is 5.22. The molecule has 1 aliphatic carbocycles. The van der Waals surface area contributed by atoms with Gasteiger partial charge in [-0.1, -0.05) is 17.7 Å². The molecule has 0 radical (unpaired) electrons. The molecule has 2 aliphatic heterocycles. The van der Waals surface area contributed by atoms with Crippen molar-refractivity contribution < 1.29 is 14.4 Å². The number of benzene rings is 1. The fraction of sp³-hybridized carbons (Fsp3) is 0.357. The summed E-state index contributed by atoms with van der Waals surface area (Å²) in [5, 5.41) is 6.07. The summed E-state index contributed by atoms with van der Waals surface area (Å²) in [7, 11) is 3.85. The number of likely N-dealkylation sites (N-methyl/N-ethyl adjacent to an activating group) is 1. The summed E-state index contributed by atoms with van der Waals surface area (Å²) < 4.78 is 0. The van der Waals surface area contributed by atoms with E-state index >= 15 is 0 Å². The number of hydrogen-bond donors (Lipinski definition) is 1. The third-order valence-corrected chi connectivity index (χ3v) is 8.53. The second-order valence-electron chi connectivity index (χ2n) is 10.0. The number of allylic oxidation sites excluding steroid dienone is 4. The Kier molecular flexibility index (Phi) is 6.91. The van der Waals surface area contributed by atoms with Crippen molar-refractivity contribution in [3.63, 3.8) is 0 Å². The first kappa shape index (κ1) is 25.6. The minimum absolute atomic E-state index is 0.00135. The average Bonchev–Trinajstić information content (AvgIpc) is 3.50. The number of hydrogen-bond acceptors (Lipinski definition) is 7. The second kappa shape index (κ2) is 10.0. The molecule has 2 atom stereocenters. The van der Waals surface area contributed by atoms with Crippen LogP contribution in [0.1, 0.15) is 51.4 Å². The summed E-state index contributed by atoms with van der Waals surface area (Å²) >= 11 is 7.87. The maximum Gasteiger partial charge on any atom is 0.261 e. The summed E-state index contributed by atoms with van der Waals surface area (Å²) in [5.74, 6) is -0.543. The molecule has 0 saturated carbocycles. The number of anilines is 1. The number of Topliss-reactive ketones (excluding diaryl/α,β-unsaturated/α-hetero) is 1. The number of nitrogens with zero attached hydrogens (tertiary/aromatic N) is 3. The van der Waals surface area contributed by atoms with Crippen molar-refractivity contribution in [3.8, 4) is 0 Å². The topological polar surface area (TPSA) is 82.1 Å². The van der Waals surface area contributed by atoms with Crippen LogP contribution in [0.4, 0.5) is 5.69 Å². The van der Waals surface area contributed by atoms with Crippen molar-refractivity contribution in [2.24, 2.45) is 4.99 Å². The van der Waals surface area contributed by atoms with Crippen molar-refractivity contribution in [2.75, 3.05) is 26.0 Å². The predicted octanol–water partition coefficient (Wildman–Crippen LogP) is 4.77. The molecule has 3 aliphatic rings. The van der Waals surface area contributed by atoms with Crippen molar-refractivity contribution in [1.82, 2.24) is 9.80 Å². The summed E-state index contributed by atoms with van der Waals surface area (Å²) in [5.41, 5.74) is 4.45. The van der Waals surface area contributed by atoms with Crippen LogP contribution in [0.15, 0.2) is 52.0 Å². The van der Waals surface area contributed by atoms with Crippen LogP contribution in [-0.4, -0.2) is 65.8 Å². The highest BCUT2D eigenvalue weighted by Gasteiger charge is 2.38. The molecule has 1 aromatic heterocycles. The van der Waals surface area contributed by atoms with Crippen LogP contribution >= 0.6 is 22.9 Å². The summed E-state index contributed by atoms with van der Waals surface area (Å²) in [4.78, 5) is 48.5. The zero-order chi connectivity index (χ0) is 26.4. The van der Waals surface area contributed by atoms with Gasteiger partial charge in [0.2, 0.25) is 0 Å². The molecule has 1 N–H and O–H groups in total. The standard InChI is InChI=1S/C28H29ClN4O3S/c1-15(10-25-20(29)8-9-37-25)30-21-6-5-7-24(34)26(21)23-12-17-11-18-19(13-22(17)31-23)28(36)33(27(18)35)14-16(2)32(3)4/h5-6,8-9,11,13,15-16,31H,7,10,12,14H2,1-4H3/t15-,16-/m0/s1. The number of ketones is 1. The number of rotatable bonds is 6. The van der Waals surface area contributed by atoms with Gasteiger partial charge in [0.15, 0.2) is 5.78 Å². The van der Waals surface area contributed by atoms with Crippen LogP contribution < -0.4 is 5.32 Å². The number of carbonyl (C=O) groups excluding carboxylic acids is 3. The monoisotopic (exact) mass is 536 g/mol. The van der Waals surface area contributed by atoms with Crippen LogP contribution in [0.3, 0.4) is 0 Å². The highest BCUT2D eigenvalue weighted by molar-refractivity contribution is 7.10. The highest BCUT2D eigenvalue weighted by atomic mass is 35.5. The Morgan fingerprint density at radius 2 is 1.89 bits per heavy atom. The Labute approximate surface area is 225 Å². The van der Waals surface area contributed by atoms with E-state index in [9.17, 15) is 14.4 Å². The molecule has 0 bridgehead atoms. The Balaban J connectivity index is 1.42. The third-order valence-electron chi connectivity index (χ3n) is 7.12. The van der Waals surface area contributed by atoms with E-state index in [2.05, 4.69) is 5.32 Å². The van der Waals surface area contributed by atoms with Gasteiger partial charge >= 0.3 is 0 Å². The highest BCUT2D eigenvalue weighted by Crippen LogP contribution is 2.37. The Hall–Kier alpha value is -3.07. The van der Waals surface area contributed by atoms with Gasteiger partial charge in [0.25, 0.3) is 11.8 Å². The fourth-order valence-corrected chi connectivity index (χ4v) is 6.08. The van der Waals surface area contributed by atoms with E-state index in [0.717, 1.165) is 26.8 Å². The van der Waals surface area contributed by atoms with Gasteiger partial charge in [-0.3, -0.25) is 24.3 Å². The van der Waals surface area contributed by atoms with E-state index in [4.69, 9.17) is 16.6 Å². The zero-order valence-electron chi connectivity index (χ0n) is 21.3. The molecule has 2 aromatic rings. The number of halogens is 1. The lowest BCUT2D eigenvalue weighted by Crippen LogP contribution is -2.41. The molecule has 9 heteroatoms. The smallest absolute Gasteiger partial charge is 0.261 e. The van der Waals surface area contributed by atoms with Crippen molar-refractivity contribution >= 4 is 51.9 Å². The Morgan fingerprint density at radius 1 is 1.16 bits per heavy atom. The van der Waals surface area contributed by atoms with Gasteiger partial charge in [0.05, 0.1) is 33.5 Å². The maximum absolute atomic E-state index is 13.1. The molecule has 3 heterocycles. The van der Waals surface area contributed by atoms with E-state index in [1.807, 2.05) is 56.4 Å². The van der Waals surface area contributed by atoms with Gasteiger partial charge in [-0.25, -0.2) is 0 Å². The number of thiophene rings is 1. The zero-order valence-corrected chi connectivity index (χ0v) is 22.9. The first-order valence-electron chi connectivity index (χ1n) is 12.3. The molecule has 2 amide bonds. The summed E-state index contributed by atoms with van der Waals surface area (Å²) in [6.45, 7) is 4.33. The molecule has 0 unspecified atom stereocenters. The Morgan fingerprint density at radius 3 is 2.57 bits per heavy atom. The van der Waals surface area contributed by atoms with E-state index in [1.165, 1.54) is 4.90 Å². The lowest BCUT2D eigenvalue weighted by Gasteiger charge is -2.24. The van der Waals surface area contributed by atoms with Gasteiger partial charge in [-0.2, -0.15) is 0 Å². The van der Waals surface area contributed by atoms with E-state index < -0.39 is 0 Å². The van der Waals surface area contributed by atoms with E-state index in [0.29, 0.717) is 48.2 Å². The second-order valence-corrected chi connectivity index (χ2v) is 11.4. The van der Waals surface area contributed by atoms with Gasteiger partial charge in [-0.05, 0) is 63.2 Å². The van der Waals surface area contributed by atoms with Gasteiger partial charge in [0.1, 0.15) is 0 Å².